The number of hydrogen-bond acceptors (Lipinski definition) is 6. The van der Waals surface area contributed by atoms with Crippen molar-refractivity contribution in [2.75, 3.05) is 31.1 Å². The molecule has 2 N–H and O–H groups in total. The molecule has 1 aliphatic heterocycles. The van der Waals surface area contributed by atoms with E-state index < -0.39 is 9.84 Å². The Morgan fingerprint density at radius 3 is 2.50 bits per heavy atom. The van der Waals surface area contributed by atoms with Gasteiger partial charge in [0.25, 0.3) is 0 Å². The first kappa shape index (κ1) is 18.8. The van der Waals surface area contributed by atoms with Crippen molar-refractivity contribution in [3.8, 4) is 0 Å². The number of aryl methyl sites for hydroxylation is 1. The van der Waals surface area contributed by atoms with E-state index in [0.29, 0.717) is 29.0 Å². The van der Waals surface area contributed by atoms with E-state index in [2.05, 4.69) is 14.9 Å². The van der Waals surface area contributed by atoms with E-state index in [1.54, 1.807) is 24.3 Å². The van der Waals surface area contributed by atoms with Crippen LogP contribution in [0.4, 0.5) is 5.82 Å². The molecule has 1 aliphatic rings. The first-order valence-electron chi connectivity index (χ1n) is 9.02. The van der Waals surface area contributed by atoms with Gasteiger partial charge in [0.05, 0.1) is 10.6 Å². The topological polar surface area (TPSA) is 89.2 Å². The number of sulfone groups is 1. The maximum absolute atomic E-state index is 12.4. The van der Waals surface area contributed by atoms with E-state index in [-0.39, 0.29) is 5.75 Å². The molecule has 0 bridgehead atoms. The molecule has 0 amide bonds. The van der Waals surface area contributed by atoms with Crippen molar-refractivity contribution in [3.63, 3.8) is 0 Å². The quantitative estimate of drug-likeness (QED) is 0.833. The first-order valence-corrected chi connectivity index (χ1v) is 10.7. The molecule has 0 saturated carbocycles. The highest BCUT2D eigenvalue weighted by Crippen LogP contribution is 2.22. The predicted molar refractivity (Wildman–Crippen MR) is 103 cm³/mol. The van der Waals surface area contributed by atoms with Gasteiger partial charge in [-0.15, -0.1) is 0 Å². The normalized spacial score (nSPS) is 16.7. The first-order chi connectivity index (χ1) is 12.4. The van der Waals surface area contributed by atoms with Crippen LogP contribution in [0.25, 0.3) is 0 Å². The number of nitrogens with two attached hydrogens (primary N) is 1. The van der Waals surface area contributed by atoms with Crippen molar-refractivity contribution >= 4 is 15.7 Å². The second kappa shape index (κ2) is 8.14. The summed E-state index contributed by atoms with van der Waals surface area (Å²) in [5.41, 5.74) is 6.80. The molecule has 0 radical (unpaired) electrons. The van der Waals surface area contributed by atoms with Gasteiger partial charge in [-0.25, -0.2) is 18.4 Å². The number of benzene rings is 1. The molecule has 0 aliphatic carbocycles. The molecule has 3 rings (SSSR count). The summed E-state index contributed by atoms with van der Waals surface area (Å²) in [7, 11) is -3.20. The second-order valence-electron chi connectivity index (χ2n) is 6.95. The van der Waals surface area contributed by atoms with Crippen LogP contribution in [0.1, 0.15) is 24.4 Å². The van der Waals surface area contributed by atoms with Crippen molar-refractivity contribution in [3.05, 3.63) is 47.9 Å². The van der Waals surface area contributed by atoms with Crippen molar-refractivity contribution in [1.29, 1.82) is 0 Å². The molecule has 140 valence electrons. The third-order valence-corrected chi connectivity index (χ3v) is 6.60. The van der Waals surface area contributed by atoms with Gasteiger partial charge < -0.3 is 10.6 Å². The van der Waals surface area contributed by atoms with Gasteiger partial charge in [-0.1, -0.05) is 18.2 Å². The summed E-state index contributed by atoms with van der Waals surface area (Å²) in [6.45, 7) is 4.29. The minimum Gasteiger partial charge on any atom is -0.384 e. The van der Waals surface area contributed by atoms with Crippen molar-refractivity contribution in [2.24, 2.45) is 5.92 Å². The molecule has 2 heterocycles. The van der Waals surface area contributed by atoms with E-state index in [0.717, 1.165) is 38.0 Å². The lowest BCUT2D eigenvalue weighted by Crippen LogP contribution is -2.37. The highest BCUT2D eigenvalue weighted by atomic mass is 32.2. The van der Waals surface area contributed by atoms with Crippen LogP contribution in [0.3, 0.4) is 0 Å². The predicted octanol–water partition coefficient (Wildman–Crippen LogP) is 2.10. The average molecular weight is 375 g/mol. The Bertz CT molecular complexity index is 812. The summed E-state index contributed by atoms with van der Waals surface area (Å²) < 4.78 is 24.8. The van der Waals surface area contributed by atoms with Crippen LogP contribution in [-0.2, 0) is 16.3 Å². The van der Waals surface area contributed by atoms with Gasteiger partial charge >= 0.3 is 0 Å². The maximum atomic E-state index is 12.4. The SMILES string of the molecule is Cc1nc(N)cc(CC2CCN(CCS(=O)(=O)c3ccccc3)CC2)n1. The average Bonchev–Trinajstić information content (AvgIpc) is 2.61. The van der Waals surface area contributed by atoms with Crippen molar-refractivity contribution < 1.29 is 8.42 Å². The van der Waals surface area contributed by atoms with Crippen LogP contribution in [-0.4, -0.2) is 48.7 Å². The Morgan fingerprint density at radius 2 is 1.85 bits per heavy atom. The van der Waals surface area contributed by atoms with Gasteiger partial charge in [-0.3, -0.25) is 0 Å². The van der Waals surface area contributed by atoms with Crippen LogP contribution >= 0.6 is 0 Å². The lowest BCUT2D eigenvalue weighted by molar-refractivity contribution is 0.192. The van der Waals surface area contributed by atoms with E-state index in [4.69, 9.17) is 5.73 Å². The molecule has 26 heavy (non-hydrogen) atoms. The summed E-state index contributed by atoms with van der Waals surface area (Å²) in [6, 6.07) is 10.5. The van der Waals surface area contributed by atoms with Crippen LogP contribution in [0.2, 0.25) is 0 Å². The van der Waals surface area contributed by atoms with E-state index >= 15 is 0 Å². The van der Waals surface area contributed by atoms with E-state index in [1.165, 1.54) is 0 Å². The molecule has 1 fully saturated rings. The van der Waals surface area contributed by atoms with Crippen molar-refractivity contribution in [1.82, 2.24) is 14.9 Å². The van der Waals surface area contributed by atoms with Crippen LogP contribution in [0, 0.1) is 12.8 Å². The molecular weight excluding hydrogens is 348 g/mol. The molecule has 0 atom stereocenters. The second-order valence-corrected chi connectivity index (χ2v) is 9.06. The van der Waals surface area contributed by atoms with Gasteiger partial charge in [-0.2, -0.15) is 0 Å². The third-order valence-electron chi connectivity index (χ3n) is 4.89. The van der Waals surface area contributed by atoms with Crippen LogP contribution in [0.15, 0.2) is 41.3 Å². The molecule has 6 nitrogen and oxygen atoms in total. The molecule has 1 saturated heterocycles. The van der Waals surface area contributed by atoms with Crippen LogP contribution < -0.4 is 5.73 Å². The van der Waals surface area contributed by atoms with Gasteiger partial charge in [0.15, 0.2) is 9.84 Å². The Morgan fingerprint density at radius 1 is 1.15 bits per heavy atom. The number of rotatable bonds is 6. The zero-order valence-corrected chi connectivity index (χ0v) is 16.0. The Labute approximate surface area is 155 Å². The summed E-state index contributed by atoms with van der Waals surface area (Å²) in [6.07, 6.45) is 3.01. The lowest BCUT2D eigenvalue weighted by atomic mass is 9.92. The smallest absolute Gasteiger partial charge is 0.179 e. The highest BCUT2D eigenvalue weighted by Gasteiger charge is 2.22. The largest absolute Gasteiger partial charge is 0.384 e. The number of hydrogen-bond donors (Lipinski definition) is 1. The minimum atomic E-state index is -3.20. The Kier molecular flexibility index (Phi) is 5.88. The summed E-state index contributed by atoms with van der Waals surface area (Å²) in [5.74, 6) is 1.97. The number of aromatic nitrogens is 2. The van der Waals surface area contributed by atoms with E-state index in [9.17, 15) is 8.42 Å². The zero-order chi connectivity index (χ0) is 18.6. The third kappa shape index (κ3) is 5.02. The fourth-order valence-corrected chi connectivity index (χ4v) is 4.77. The molecule has 1 aromatic carbocycles. The maximum Gasteiger partial charge on any atom is 0.179 e. The zero-order valence-electron chi connectivity index (χ0n) is 15.1. The number of nitrogen functional groups attached to an aromatic ring is 1. The fraction of sp³-hybridized carbons (Fsp3) is 0.474. The highest BCUT2D eigenvalue weighted by molar-refractivity contribution is 7.91. The van der Waals surface area contributed by atoms with Crippen molar-refractivity contribution in [2.45, 2.75) is 31.1 Å². The van der Waals surface area contributed by atoms with Gasteiger partial charge in [0.1, 0.15) is 11.6 Å². The summed E-state index contributed by atoms with van der Waals surface area (Å²) in [5, 5.41) is 0. The van der Waals surface area contributed by atoms with Crippen LogP contribution in [0.5, 0.6) is 0 Å². The summed E-state index contributed by atoms with van der Waals surface area (Å²) in [4.78, 5) is 11.2. The van der Waals surface area contributed by atoms with Gasteiger partial charge in [-0.05, 0) is 57.3 Å². The lowest BCUT2D eigenvalue weighted by Gasteiger charge is -2.31. The van der Waals surface area contributed by atoms with Gasteiger partial charge in [0, 0.05) is 18.3 Å². The molecule has 0 spiro atoms. The molecular formula is C19H26N4O2S. The Hall–Kier alpha value is -1.99. The van der Waals surface area contributed by atoms with Gasteiger partial charge in [0.2, 0.25) is 0 Å². The monoisotopic (exact) mass is 374 g/mol. The number of piperidine rings is 1. The van der Waals surface area contributed by atoms with E-state index in [1.807, 2.05) is 19.1 Å². The molecule has 2 aromatic rings. The fourth-order valence-electron chi connectivity index (χ4n) is 3.46. The molecule has 0 unspecified atom stereocenters. The molecule has 7 heteroatoms. The number of anilines is 1. The molecule has 1 aromatic heterocycles. The Balaban J connectivity index is 1.48. The number of nitrogens with zero attached hydrogens (tertiary/aromatic N) is 3. The number of likely N-dealkylation sites (tertiary alicyclic amines) is 1. The summed E-state index contributed by atoms with van der Waals surface area (Å²) >= 11 is 0. The standard InChI is InChI=1S/C19H26N4O2S/c1-15-21-17(14-19(20)22-15)13-16-7-9-23(10-8-16)11-12-26(24,25)18-5-3-2-4-6-18/h2-6,14,16H,7-13H2,1H3,(H2,20,21,22). The minimum absolute atomic E-state index is 0.170.